The molecule has 0 amide bonds. The number of pyridine rings is 1. The van der Waals surface area contributed by atoms with Gasteiger partial charge in [0.05, 0.1) is 11.5 Å². The van der Waals surface area contributed by atoms with E-state index in [9.17, 15) is 13.5 Å². The summed E-state index contributed by atoms with van der Waals surface area (Å²) in [4.78, 5) is 0. The van der Waals surface area contributed by atoms with Gasteiger partial charge < -0.3 is 5.11 Å². The van der Waals surface area contributed by atoms with Crippen LogP contribution in [0.2, 0.25) is 0 Å². The lowest BCUT2D eigenvalue weighted by molar-refractivity contribution is 0.477. The van der Waals surface area contributed by atoms with Crippen LogP contribution in [0, 0.1) is 0 Å². The van der Waals surface area contributed by atoms with Crippen LogP contribution in [0.15, 0.2) is 18.3 Å². The number of sulfone groups is 1. The van der Waals surface area contributed by atoms with Gasteiger partial charge in [0.1, 0.15) is 15.7 Å². The summed E-state index contributed by atoms with van der Waals surface area (Å²) in [7, 11) is -2.88. The van der Waals surface area contributed by atoms with Crippen LogP contribution in [0.5, 0.6) is 5.75 Å². The number of hydrogen-bond donors (Lipinski definition) is 1. The zero-order valence-electron chi connectivity index (χ0n) is 9.65. The van der Waals surface area contributed by atoms with Crippen LogP contribution in [0.4, 0.5) is 0 Å². The largest absolute Gasteiger partial charge is 0.504 e. The maximum absolute atomic E-state index is 11.4. The third-order valence-electron chi connectivity index (χ3n) is 3.36. The summed E-state index contributed by atoms with van der Waals surface area (Å²) in [6.07, 6.45) is 2.92. The first-order valence-electron chi connectivity index (χ1n) is 5.80. The molecule has 0 bridgehead atoms. The second kappa shape index (κ2) is 3.94. The van der Waals surface area contributed by atoms with Crippen LogP contribution < -0.4 is 0 Å². The van der Waals surface area contributed by atoms with Crippen LogP contribution in [-0.4, -0.2) is 39.6 Å². The second-order valence-electron chi connectivity index (χ2n) is 4.57. The molecule has 0 aromatic carbocycles. The van der Waals surface area contributed by atoms with Gasteiger partial charge >= 0.3 is 0 Å². The van der Waals surface area contributed by atoms with E-state index in [2.05, 4.69) is 10.2 Å². The molecule has 0 aliphatic carbocycles. The predicted octanol–water partition coefficient (Wildman–Crippen LogP) is 0.727. The molecule has 0 atom stereocenters. The maximum atomic E-state index is 11.4. The Morgan fingerprint density at radius 3 is 2.72 bits per heavy atom. The second-order valence-corrected chi connectivity index (χ2v) is 6.87. The summed E-state index contributed by atoms with van der Waals surface area (Å²) in [6.45, 7) is 0. The van der Waals surface area contributed by atoms with Gasteiger partial charge in [0.2, 0.25) is 5.65 Å². The number of nitrogens with zero attached hydrogens (tertiary/aromatic N) is 3. The van der Waals surface area contributed by atoms with E-state index in [-0.39, 0.29) is 23.2 Å². The Hall–Kier alpha value is -1.63. The van der Waals surface area contributed by atoms with Crippen LogP contribution in [0.1, 0.15) is 24.6 Å². The maximum Gasteiger partial charge on any atom is 0.203 e. The molecule has 0 saturated carbocycles. The molecular formula is C11H13N3O3S. The molecule has 2 aromatic heterocycles. The fourth-order valence-electron chi connectivity index (χ4n) is 2.35. The average molecular weight is 267 g/mol. The molecule has 1 N–H and O–H groups in total. The van der Waals surface area contributed by atoms with Gasteiger partial charge in [0.15, 0.2) is 5.75 Å². The topological polar surface area (TPSA) is 84.6 Å². The molecular weight excluding hydrogens is 254 g/mol. The predicted molar refractivity (Wildman–Crippen MR) is 65.3 cm³/mol. The van der Waals surface area contributed by atoms with E-state index in [0.717, 1.165) is 5.82 Å². The van der Waals surface area contributed by atoms with E-state index in [0.29, 0.717) is 18.5 Å². The lowest BCUT2D eigenvalue weighted by Gasteiger charge is -2.20. The fraction of sp³-hybridized carbons (Fsp3) is 0.455. The van der Waals surface area contributed by atoms with Crippen molar-refractivity contribution in [1.29, 1.82) is 0 Å². The first kappa shape index (κ1) is 11.5. The Kier molecular flexibility index (Phi) is 2.51. The van der Waals surface area contributed by atoms with Crippen LogP contribution in [0.3, 0.4) is 0 Å². The molecule has 1 aliphatic heterocycles. The summed E-state index contributed by atoms with van der Waals surface area (Å²) in [5.74, 6) is 1.30. The van der Waals surface area contributed by atoms with Gasteiger partial charge in [-0.2, -0.15) is 0 Å². The molecule has 7 heteroatoms. The van der Waals surface area contributed by atoms with Gasteiger partial charge in [-0.1, -0.05) is 0 Å². The lowest BCUT2D eigenvalue weighted by atomic mass is 10.0. The number of aromatic hydroxyl groups is 1. The number of aromatic nitrogens is 3. The van der Waals surface area contributed by atoms with Gasteiger partial charge in [0.25, 0.3) is 0 Å². The Balaban J connectivity index is 1.99. The van der Waals surface area contributed by atoms with Gasteiger partial charge in [-0.25, -0.2) is 8.42 Å². The molecule has 0 unspecified atom stereocenters. The highest BCUT2D eigenvalue weighted by Gasteiger charge is 2.28. The molecule has 1 aliphatic rings. The van der Waals surface area contributed by atoms with Crippen molar-refractivity contribution in [2.45, 2.75) is 18.8 Å². The summed E-state index contributed by atoms with van der Waals surface area (Å²) in [5.41, 5.74) is 0.418. The molecule has 3 rings (SSSR count). The van der Waals surface area contributed by atoms with Crippen LogP contribution >= 0.6 is 0 Å². The SMILES string of the molecule is O=S1(=O)CCC(c2nnc3c(O)cccn23)CC1. The first-order chi connectivity index (χ1) is 8.57. The molecule has 2 aromatic rings. The Labute approximate surface area is 104 Å². The number of hydrogen-bond acceptors (Lipinski definition) is 5. The highest BCUT2D eigenvalue weighted by molar-refractivity contribution is 7.91. The Morgan fingerprint density at radius 1 is 1.28 bits per heavy atom. The Morgan fingerprint density at radius 2 is 2.00 bits per heavy atom. The third-order valence-corrected chi connectivity index (χ3v) is 5.08. The molecule has 3 heterocycles. The van der Waals surface area contributed by atoms with Gasteiger partial charge in [-0.15, -0.1) is 10.2 Å². The minimum absolute atomic E-state index is 0.0830. The smallest absolute Gasteiger partial charge is 0.203 e. The van der Waals surface area contributed by atoms with Gasteiger partial charge in [-0.3, -0.25) is 4.40 Å². The van der Waals surface area contributed by atoms with Crippen LogP contribution in [0.25, 0.3) is 5.65 Å². The molecule has 6 nitrogen and oxygen atoms in total. The number of rotatable bonds is 1. The monoisotopic (exact) mass is 267 g/mol. The average Bonchev–Trinajstić information content (AvgIpc) is 2.74. The van der Waals surface area contributed by atoms with Crippen molar-refractivity contribution in [1.82, 2.24) is 14.6 Å². The van der Waals surface area contributed by atoms with E-state index in [1.54, 1.807) is 22.7 Å². The van der Waals surface area contributed by atoms with Crippen molar-refractivity contribution in [3.8, 4) is 5.75 Å². The van der Waals surface area contributed by atoms with E-state index >= 15 is 0 Å². The number of fused-ring (bicyclic) bond motifs is 1. The van der Waals surface area contributed by atoms with Crippen molar-refractivity contribution < 1.29 is 13.5 Å². The van der Waals surface area contributed by atoms with E-state index < -0.39 is 9.84 Å². The first-order valence-corrected chi connectivity index (χ1v) is 7.62. The fourth-order valence-corrected chi connectivity index (χ4v) is 3.84. The minimum atomic E-state index is -2.88. The summed E-state index contributed by atoms with van der Waals surface area (Å²) >= 11 is 0. The molecule has 0 radical (unpaired) electrons. The lowest BCUT2D eigenvalue weighted by Crippen LogP contribution is -2.23. The van der Waals surface area contributed by atoms with Gasteiger partial charge in [-0.05, 0) is 25.0 Å². The van der Waals surface area contributed by atoms with Crippen molar-refractivity contribution in [2.75, 3.05) is 11.5 Å². The highest BCUT2D eigenvalue weighted by Crippen LogP contribution is 2.29. The Bertz CT molecular complexity index is 679. The van der Waals surface area contributed by atoms with Crippen molar-refractivity contribution in [2.24, 2.45) is 0 Å². The highest BCUT2D eigenvalue weighted by atomic mass is 32.2. The molecule has 1 fully saturated rings. The molecule has 18 heavy (non-hydrogen) atoms. The summed E-state index contributed by atoms with van der Waals surface area (Å²) in [6, 6.07) is 3.27. The quantitative estimate of drug-likeness (QED) is 0.823. The molecule has 96 valence electrons. The normalized spacial score (nSPS) is 20.2. The van der Waals surface area contributed by atoms with E-state index in [1.807, 2.05) is 0 Å². The third kappa shape index (κ3) is 1.84. The standard InChI is InChI=1S/C11H13N3O3S/c15-9-2-1-5-14-10(12-13-11(9)14)8-3-6-18(16,17)7-4-8/h1-2,5,8,15H,3-4,6-7H2. The minimum Gasteiger partial charge on any atom is -0.504 e. The molecule has 1 saturated heterocycles. The van der Waals surface area contributed by atoms with Gasteiger partial charge in [0, 0.05) is 12.1 Å². The summed E-state index contributed by atoms with van der Waals surface area (Å²) < 4.78 is 24.5. The van der Waals surface area contributed by atoms with E-state index in [1.165, 1.54) is 0 Å². The van der Waals surface area contributed by atoms with Crippen LogP contribution in [-0.2, 0) is 9.84 Å². The zero-order chi connectivity index (χ0) is 12.8. The summed E-state index contributed by atoms with van der Waals surface area (Å²) in [5, 5.41) is 17.7. The zero-order valence-corrected chi connectivity index (χ0v) is 10.5. The van der Waals surface area contributed by atoms with Crippen molar-refractivity contribution >= 4 is 15.5 Å². The molecule has 0 spiro atoms. The van der Waals surface area contributed by atoms with Crippen molar-refractivity contribution in [3.05, 3.63) is 24.2 Å². The van der Waals surface area contributed by atoms with Crippen molar-refractivity contribution in [3.63, 3.8) is 0 Å². The van der Waals surface area contributed by atoms with E-state index in [4.69, 9.17) is 0 Å².